The number of aromatic nitrogens is 5. The third kappa shape index (κ3) is 2.97. The van der Waals surface area contributed by atoms with Gasteiger partial charge in [0.2, 0.25) is 5.82 Å². The van der Waals surface area contributed by atoms with Gasteiger partial charge < -0.3 is 9.47 Å². The second-order valence-electron chi connectivity index (χ2n) is 7.49. The van der Waals surface area contributed by atoms with Crippen LogP contribution in [0, 0.1) is 0 Å². The smallest absolute Gasteiger partial charge is 0.326 e. The van der Waals surface area contributed by atoms with Gasteiger partial charge in [0.05, 0.1) is 11.7 Å². The molecule has 10 heteroatoms. The average molecular weight is 370 g/mol. The van der Waals surface area contributed by atoms with Gasteiger partial charge in [-0.1, -0.05) is 20.8 Å². The predicted molar refractivity (Wildman–Crippen MR) is 86.4 cm³/mol. The van der Waals surface area contributed by atoms with E-state index >= 15 is 0 Å². The molecule has 0 saturated heterocycles. The van der Waals surface area contributed by atoms with Crippen LogP contribution in [0.15, 0.2) is 6.07 Å². The molecule has 0 radical (unpaired) electrons. The monoisotopic (exact) mass is 370 g/mol. The lowest BCUT2D eigenvalue weighted by atomic mass is 9.92. The third-order valence-electron chi connectivity index (χ3n) is 4.57. The molecular weight excluding hydrogens is 349 g/mol. The van der Waals surface area contributed by atoms with Crippen LogP contribution in [0.25, 0.3) is 0 Å². The Morgan fingerprint density at radius 1 is 1.19 bits per heavy atom. The molecule has 3 heterocycles. The number of hydrogen-bond acceptors (Lipinski definition) is 4. The molecule has 142 valence electrons. The van der Waals surface area contributed by atoms with E-state index in [2.05, 4.69) is 15.3 Å². The van der Waals surface area contributed by atoms with Gasteiger partial charge >= 0.3 is 6.18 Å². The Kier molecular flexibility index (Phi) is 4.12. The zero-order chi connectivity index (χ0) is 19.4. The van der Waals surface area contributed by atoms with Crippen molar-refractivity contribution in [1.29, 1.82) is 0 Å². The van der Waals surface area contributed by atoms with Crippen molar-refractivity contribution in [1.82, 2.24) is 29.4 Å². The molecule has 1 amide bonds. The van der Waals surface area contributed by atoms with E-state index in [4.69, 9.17) is 0 Å². The molecule has 1 unspecified atom stereocenters. The molecule has 0 aliphatic carbocycles. The lowest BCUT2D eigenvalue weighted by Gasteiger charge is -2.33. The van der Waals surface area contributed by atoms with Gasteiger partial charge in [-0.2, -0.15) is 18.3 Å². The highest BCUT2D eigenvalue weighted by Crippen LogP contribution is 2.33. The Hall–Kier alpha value is -2.39. The quantitative estimate of drug-likeness (QED) is 0.774. The Balaban J connectivity index is 1.91. The summed E-state index contributed by atoms with van der Waals surface area (Å²) < 4.78 is 41.6. The van der Waals surface area contributed by atoms with Crippen LogP contribution < -0.4 is 0 Å². The first-order valence-corrected chi connectivity index (χ1v) is 8.27. The molecule has 1 atom stereocenters. The number of nitrogens with zero attached hydrogens (tertiary/aromatic N) is 6. The number of aryl methyl sites for hydroxylation is 1. The molecule has 26 heavy (non-hydrogen) atoms. The molecule has 7 nitrogen and oxygen atoms in total. The maximum Gasteiger partial charge on any atom is 0.451 e. The number of rotatable bonds is 1. The van der Waals surface area contributed by atoms with Gasteiger partial charge in [-0.05, 0) is 13.0 Å². The van der Waals surface area contributed by atoms with E-state index in [1.165, 1.54) is 9.58 Å². The van der Waals surface area contributed by atoms with Crippen molar-refractivity contribution in [2.24, 2.45) is 7.05 Å². The van der Waals surface area contributed by atoms with Gasteiger partial charge in [-0.15, -0.1) is 10.2 Å². The predicted octanol–water partition coefficient (Wildman–Crippen LogP) is 2.54. The van der Waals surface area contributed by atoms with Crippen molar-refractivity contribution in [2.45, 2.75) is 51.9 Å². The number of alkyl halides is 3. The molecule has 1 aliphatic heterocycles. The maximum atomic E-state index is 13.0. The number of fused-ring (bicyclic) bond motifs is 1. The van der Waals surface area contributed by atoms with E-state index in [1.54, 1.807) is 20.0 Å². The minimum Gasteiger partial charge on any atom is -0.326 e. The highest BCUT2D eigenvalue weighted by atomic mass is 19.4. The van der Waals surface area contributed by atoms with Crippen LogP contribution in [0.3, 0.4) is 0 Å². The van der Waals surface area contributed by atoms with Crippen molar-refractivity contribution < 1.29 is 18.0 Å². The van der Waals surface area contributed by atoms with Gasteiger partial charge in [-0.25, -0.2) is 0 Å². The van der Waals surface area contributed by atoms with Crippen molar-refractivity contribution >= 4 is 5.91 Å². The molecule has 0 saturated carbocycles. The summed E-state index contributed by atoms with van der Waals surface area (Å²) >= 11 is 0. The topological polar surface area (TPSA) is 68.8 Å². The van der Waals surface area contributed by atoms with Crippen LogP contribution in [0.5, 0.6) is 0 Å². The Bertz CT molecular complexity index is 845. The van der Waals surface area contributed by atoms with Crippen molar-refractivity contribution in [3.05, 3.63) is 29.1 Å². The summed E-state index contributed by atoms with van der Waals surface area (Å²) in [5.74, 6) is -1.18. The van der Waals surface area contributed by atoms with E-state index in [1.807, 2.05) is 20.8 Å². The minimum atomic E-state index is -4.57. The SMILES string of the molecule is CC1c2nnc(C(F)(F)F)n2CCN1C(=O)c1cc(C(C)(C)C)nn1C. The normalized spacial score (nSPS) is 18.2. The van der Waals surface area contributed by atoms with Gasteiger partial charge in [0, 0.05) is 25.6 Å². The summed E-state index contributed by atoms with van der Waals surface area (Å²) in [6.45, 7) is 7.77. The Labute approximate surface area is 148 Å². The fourth-order valence-electron chi connectivity index (χ4n) is 3.05. The fraction of sp³-hybridized carbons (Fsp3) is 0.625. The van der Waals surface area contributed by atoms with E-state index in [0.717, 1.165) is 10.3 Å². The van der Waals surface area contributed by atoms with Crippen molar-refractivity contribution in [3.63, 3.8) is 0 Å². The van der Waals surface area contributed by atoms with E-state index in [0.29, 0.717) is 5.69 Å². The highest BCUT2D eigenvalue weighted by Gasteiger charge is 2.42. The summed E-state index contributed by atoms with van der Waals surface area (Å²) in [4.78, 5) is 14.5. The van der Waals surface area contributed by atoms with Crippen LogP contribution in [0.1, 0.15) is 61.6 Å². The molecular formula is C16H21F3N6O. The molecule has 0 fully saturated rings. The van der Waals surface area contributed by atoms with E-state index in [-0.39, 0.29) is 30.2 Å². The molecule has 2 aromatic heterocycles. The van der Waals surface area contributed by atoms with Crippen molar-refractivity contribution in [3.8, 4) is 0 Å². The summed E-state index contributed by atoms with van der Waals surface area (Å²) in [6.07, 6.45) is -4.57. The highest BCUT2D eigenvalue weighted by molar-refractivity contribution is 5.93. The number of halogens is 3. The first kappa shape index (κ1) is 18.4. The van der Waals surface area contributed by atoms with Crippen LogP contribution >= 0.6 is 0 Å². The van der Waals surface area contributed by atoms with Gasteiger partial charge in [0.15, 0.2) is 5.82 Å². The number of hydrogen-bond donors (Lipinski definition) is 0. The van der Waals surface area contributed by atoms with Crippen LogP contribution in [-0.4, -0.2) is 41.9 Å². The Morgan fingerprint density at radius 2 is 1.85 bits per heavy atom. The summed E-state index contributed by atoms with van der Waals surface area (Å²) in [5, 5.41) is 11.3. The molecule has 0 N–H and O–H groups in total. The standard InChI is InChI=1S/C16H21F3N6O/c1-9-12-20-21-14(16(17,18)19)25(12)7-6-24(9)13(26)10-8-11(15(2,3)4)22-23(10)5/h8-9H,6-7H2,1-5H3. The van der Waals surface area contributed by atoms with E-state index < -0.39 is 18.0 Å². The molecule has 1 aliphatic rings. The van der Waals surface area contributed by atoms with E-state index in [9.17, 15) is 18.0 Å². The van der Waals surface area contributed by atoms with Gasteiger partial charge in [0.1, 0.15) is 5.69 Å². The summed E-state index contributed by atoms with van der Waals surface area (Å²) in [6, 6.07) is 1.11. The summed E-state index contributed by atoms with van der Waals surface area (Å²) in [5.41, 5.74) is 0.951. The number of carbonyl (C=O) groups excluding carboxylic acids is 1. The Morgan fingerprint density at radius 3 is 2.38 bits per heavy atom. The van der Waals surface area contributed by atoms with Crippen molar-refractivity contribution in [2.75, 3.05) is 6.54 Å². The van der Waals surface area contributed by atoms with Gasteiger partial charge in [-0.3, -0.25) is 9.48 Å². The first-order valence-electron chi connectivity index (χ1n) is 8.27. The number of amides is 1. The fourth-order valence-corrected chi connectivity index (χ4v) is 3.05. The first-order chi connectivity index (χ1) is 11.9. The average Bonchev–Trinajstić information content (AvgIpc) is 3.10. The lowest BCUT2D eigenvalue weighted by Crippen LogP contribution is -2.42. The second kappa shape index (κ2) is 5.82. The molecule has 0 spiro atoms. The van der Waals surface area contributed by atoms with Crippen LogP contribution in [-0.2, 0) is 25.2 Å². The third-order valence-corrected chi connectivity index (χ3v) is 4.57. The zero-order valence-corrected chi connectivity index (χ0v) is 15.3. The van der Waals surface area contributed by atoms with Gasteiger partial charge in [0.25, 0.3) is 5.91 Å². The van der Waals surface area contributed by atoms with Crippen LogP contribution in [0.2, 0.25) is 0 Å². The lowest BCUT2D eigenvalue weighted by molar-refractivity contribution is -0.148. The molecule has 2 aromatic rings. The second-order valence-corrected chi connectivity index (χ2v) is 7.49. The largest absolute Gasteiger partial charge is 0.451 e. The number of carbonyl (C=O) groups is 1. The summed E-state index contributed by atoms with van der Waals surface area (Å²) in [7, 11) is 1.68. The molecule has 0 bridgehead atoms. The van der Waals surface area contributed by atoms with Crippen LogP contribution in [0.4, 0.5) is 13.2 Å². The molecule has 0 aromatic carbocycles. The minimum absolute atomic E-state index is 0.00274. The zero-order valence-electron chi connectivity index (χ0n) is 15.3. The molecule has 3 rings (SSSR count). The maximum absolute atomic E-state index is 13.0.